The fraction of sp³-hybridized carbons (Fsp3) is 0.417. The van der Waals surface area contributed by atoms with Crippen molar-refractivity contribution in [3.63, 3.8) is 0 Å². The summed E-state index contributed by atoms with van der Waals surface area (Å²) in [7, 11) is 0. The first-order valence-electron chi connectivity index (χ1n) is 6.39. The Balaban J connectivity index is 2.21. The minimum Gasteiger partial charge on any atom is -0.480 e. The number of hydrogen-bond donors (Lipinski definition) is 2. The summed E-state index contributed by atoms with van der Waals surface area (Å²) in [6.07, 6.45) is 2.03. The number of rotatable bonds is 6. The number of carboxylic acids is 1. The number of carbonyl (C=O) groups is 2. The molecule has 2 N–H and O–H groups in total. The van der Waals surface area contributed by atoms with E-state index in [4.69, 9.17) is 0 Å². The van der Waals surface area contributed by atoms with Crippen molar-refractivity contribution in [2.24, 2.45) is 5.92 Å². The molecule has 0 fully saturated rings. The molecule has 0 aliphatic carbocycles. The summed E-state index contributed by atoms with van der Waals surface area (Å²) in [5, 5.41) is 24.3. The molecule has 1 amide bonds. The van der Waals surface area contributed by atoms with Crippen molar-refractivity contribution in [1.29, 1.82) is 0 Å². The molecule has 2 aromatic rings. The lowest BCUT2D eigenvalue weighted by molar-refractivity contribution is -0.140. The van der Waals surface area contributed by atoms with Gasteiger partial charge >= 0.3 is 5.97 Å². The number of thiophene rings is 1. The molecule has 0 spiro atoms. The number of tetrazole rings is 1. The van der Waals surface area contributed by atoms with Crippen LogP contribution in [0, 0.1) is 5.92 Å². The molecular formula is C12H15N5O3S. The quantitative estimate of drug-likeness (QED) is 0.822. The van der Waals surface area contributed by atoms with Gasteiger partial charge in [-0.1, -0.05) is 20.3 Å². The van der Waals surface area contributed by atoms with Crippen LogP contribution < -0.4 is 5.32 Å². The Morgan fingerprint density at radius 1 is 1.52 bits per heavy atom. The van der Waals surface area contributed by atoms with E-state index in [0.717, 1.165) is 0 Å². The summed E-state index contributed by atoms with van der Waals surface area (Å²) in [5.74, 6) is -1.65. The van der Waals surface area contributed by atoms with Gasteiger partial charge in [-0.2, -0.15) is 4.68 Å². The second-order valence-corrected chi connectivity index (χ2v) is 5.48. The molecular weight excluding hydrogens is 294 g/mol. The molecule has 0 aliphatic rings. The molecule has 0 radical (unpaired) electrons. The van der Waals surface area contributed by atoms with Crippen LogP contribution in [0.25, 0.3) is 5.69 Å². The molecule has 112 valence electrons. The summed E-state index contributed by atoms with van der Waals surface area (Å²) in [6, 6.07) is 0.779. The van der Waals surface area contributed by atoms with E-state index in [1.807, 2.05) is 6.92 Å². The zero-order valence-electron chi connectivity index (χ0n) is 11.6. The van der Waals surface area contributed by atoms with Gasteiger partial charge in [0.1, 0.15) is 17.2 Å². The molecule has 0 aliphatic heterocycles. The Hall–Kier alpha value is -2.29. The Kier molecular flexibility index (Phi) is 4.63. The van der Waals surface area contributed by atoms with Crippen molar-refractivity contribution < 1.29 is 14.7 Å². The minimum absolute atomic E-state index is 0.164. The van der Waals surface area contributed by atoms with Gasteiger partial charge in [-0.05, 0) is 27.8 Å². The van der Waals surface area contributed by atoms with Crippen molar-refractivity contribution in [3.05, 3.63) is 22.7 Å². The van der Waals surface area contributed by atoms with Crippen LogP contribution in [0.4, 0.5) is 0 Å². The molecule has 0 unspecified atom stereocenters. The van der Waals surface area contributed by atoms with Gasteiger partial charge in [0.2, 0.25) is 0 Å². The average molecular weight is 309 g/mol. The topological polar surface area (TPSA) is 110 Å². The molecule has 2 heterocycles. The smallest absolute Gasteiger partial charge is 0.326 e. The van der Waals surface area contributed by atoms with Gasteiger partial charge in [0.05, 0.1) is 5.69 Å². The van der Waals surface area contributed by atoms with E-state index >= 15 is 0 Å². The van der Waals surface area contributed by atoms with E-state index in [1.54, 1.807) is 18.4 Å². The van der Waals surface area contributed by atoms with Gasteiger partial charge in [0.15, 0.2) is 0 Å². The standard InChI is InChI=1S/C12H15N5O3S/c1-3-7(2)9(12(19)20)14-11(18)10-8(4-5-21-10)17-6-13-15-16-17/h4-7,9H,3H2,1-2H3,(H,14,18)(H,19,20)/t7-,9-/m0/s1. The second-order valence-electron chi connectivity index (χ2n) is 4.56. The third-order valence-electron chi connectivity index (χ3n) is 3.21. The molecule has 9 heteroatoms. The fourth-order valence-corrected chi connectivity index (χ4v) is 2.60. The highest BCUT2D eigenvalue weighted by molar-refractivity contribution is 7.12. The van der Waals surface area contributed by atoms with Gasteiger partial charge in [-0.15, -0.1) is 16.4 Å². The van der Waals surface area contributed by atoms with Crippen LogP contribution in [-0.4, -0.2) is 43.2 Å². The fourth-order valence-electron chi connectivity index (χ4n) is 1.81. The van der Waals surface area contributed by atoms with E-state index in [2.05, 4.69) is 20.8 Å². The van der Waals surface area contributed by atoms with Crippen LogP contribution in [0.5, 0.6) is 0 Å². The number of aliphatic carboxylic acids is 1. The van der Waals surface area contributed by atoms with Crippen LogP contribution in [-0.2, 0) is 4.79 Å². The van der Waals surface area contributed by atoms with Gasteiger partial charge in [-0.25, -0.2) is 4.79 Å². The van der Waals surface area contributed by atoms with Crippen LogP contribution in [0.1, 0.15) is 29.9 Å². The number of nitrogens with one attached hydrogen (secondary N) is 1. The van der Waals surface area contributed by atoms with Gasteiger partial charge in [-0.3, -0.25) is 4.79 Å². The molecule has 8 nitrogen and oxygen atoms in total. The van der Waals surface area contributed by atoms with Crippen molar-refractivity contribution in [1.82, 2.24) is 25.5 Å². The maximum atomic E-state index is 12.3. The lowest BCUT2D eigenvalue weighted by atomic mass is 9.99. The molecule has 2 aromatic heterocycles. The number of hydrogen-bond acceptors (Lipinski definition) is 6. The molecule has 0 bridgehead atoms. The predicted octanol–water partition coefficient (Wildman–Crippen LogP) is 0.953. The van der Waals surface area contributed by atoms with Crippen molar-refractivity contribution in [3.8, 4) is 5.69 Å². The highest BCUT2D eigenvalue weighted by Crippen LogP contribution is 2.20. The molecule has 21 heavy (non-hydrogen) atoms. The highest BCUT2D eigenvalue weighted by atomic mass is 32.1. The first-order valence-corrected chi connectivity index (χ1v) is 7.27. The number of aromatic nitrogens is 4. The van der Waals surface area contributed by atoms with Gasteiger partial charge < -0.3 is 10.4 Å². The van der Waals surface area contributed by atoms with Crippen LogP contribution in [0.15, 0.2) is 17.8 Å². The second kappa shape index (κ2) is 6.44. The van der Waals surface area contributed by atoms with E-state index in [0.29, 0.717) is 17.0 Å². The zero-order valence-corrected chi connectivity index (χ0v) is 12.4. The predicted molar refractivity (Wildman–Crippen MR) is 75.4 cm³/mol. The normalized spacial score (nSPS) is 13.6. The maximum absolute atomic E-state index is 12.3. The Morgan fingerprint density at radius 3 is 2.86 bits per heavy atom. The van der Waals surface area contributed by atoms with E-state index < -0.39 is 17.9 Å². The third kappa shape index (κ3) is 3.24. The van der Waals surface area contributed by atoms with E-state index in [9.17, 15) is 14.7 Å². The summed E-state index contributed by atoms with van der Waals surface area (Å²) in [6.45, 7) is 3.67. The van der Waals surface area contributed by atoms with Crippen LogP contribution >= 0.6 is 11.3 Å². The Labute approximate surface area is 124 Å². The highest BCUT2D eigenvalue weighted by Gasteiger charge is 2.27. The summed E-state index contributed by atoms with van der Waals surface area (Å²) in [5.41, 5.74) is 0.524. The Bertz CT molecular complexity index is 625. The molecule has 0 saturated carbocycles. The number of carboxylic acid groups (broad SMARTS) is 1. The van der Waals surface area contributed by atoms with Crippen molar-refractivity contribution >= 4 is 23.2 Å². The van der Waals surface area contributed by atoms with Crippen LogP contribution in [0.2, 0.25) is 0 Å². The van der Waals surface area contributed by atoms with E-state index in [-0.39, 0.29) is 5.92 Å². The molecule has 0 aromatic carbocycles. The third-order valence-corrected chi connectivity index (χ3v) is 4.11. The number of nitrogens with zero attached hydrogens (tertiary/aromatic N) is 4. The Morgan fingerprint density at radius 2 is 2.29 bits per heavy atom. The monoisotopic (exact) mass is 309 g/mol. The summed E-state index contributed by atoms with van der Waals surface area (Å²) < 4.78 is 1.37. The summed E-state index contributed by atoms with van der Waals surface area (Å²) >= 11 is 1.21. The van der Waals surface area contributed by atoms with E-state index in [1.165, 1.54) is 22.3 Å². The SMILES string of the molecule is CC[C@H](C)[C@H](NC(=O)c1sccc1-n1cnnn1)C(=O)O. The number of amides is 1. The summed E-state index contributed by atoms with van der Waals surface area (Å²) in [4.78, 5) is 24.0. The minimum atomic E-state index is -1.04. The van der Waals surface area contributed by atoms with Crippen molar-refractivity contribution in [2.45, 2.75) is 26.3 Å². The maximum Gasteiger partial charge on any atom is 0.326 e. The first-order chi connectivity index (χ1) is 10.0. The molecule has 2 atom stereocenters. The molecule has 0 saturated heterocycles. The molecule has 2 rings (SSSR count). The zero-order chi connectivity index (χ0) is 15.4. The lowest BCUT2D eigenvalue weighted by Gasteiger charge is -2.19. The van der Waals surface area contributed by atoms with Crippen LogP contribution in [0.3, 0.4) is 0 Å². The van der Waals surface area contributed by atoms with Crippen molar-refractivity contribution in [2.75, 3.05) is 0 Å². The first kappa shape index (κ1) is 15.1. The van der Waals surface area contributed by atoms with Gasteiger partial charge in [0.25, 0.3) is 5.91 Å². The number of carbonyl (C=O) groups excluding carboxylic acids is 1. The lowest BCUT2D eigenvalue weighted by Crippen LogP contribution is -2.45. The largest absolute Gasteiger partial charge is 0.480 e. The van der Waals surface area contributed by atoms with Gasteiger partial charge in [0, 0.05) is 0 Å². The average Bonchev–Trinajstić information content (AvgIpc) is 3.12.